The zero-order chi connectivity index (χ0) is 15.5. The molecule has 0 fully saturated rings. The van der Waals surface area contributed by atoms with Gasteiger partial charge >= 0.3 is 0 Å². The van der Waals surface area contributed by atoms with E-state index in [4.69, 9.17) is 0 Å². The van der Waals surface area contributed by atoms with Crippen LogP contribution in [0.15, 0.2) is 56.9 Å². The number of nitrogens with one attached hydrogen (secondary N) is 1. The number of hydrogen-bond acceptors (Lipinski definition) is 3. The minimum Gasteiger partial charge on any atom is -0.200 e. The van der Waals surface area contributed by atoms with E-state index in [0.29, 0.717) is 5.56 Å². The van der Waals surface area contributed by atoms with Gasteiger partial charge in [0.05, 0.1) is 11.1 Å². The summed E-state index contributed by atoms with van der Waals surface area (Å²) in [6.07, 6.45) is 1.47. The lowest BCUT2D eigenvalue weighted by atomic mass is 10.2. The molecule has 2 aromatic carbocycles. The van der Waals surface area contributed by atoms with Crippen LogP contribution in [0.2, 0.25) is 0 Å². The molecule has 0 heterocycles. The molecule has 0 aliphatic rings. The first-order chi connectivity index (χ1) is 9.88. The minimum atomic E-state index is -3.65. The highest BCUT2D eigenvalue weighted by molar-refractivity contribution is 9.10. The second kappa shape index (κ2) is 6.41. The van der Waals surface area contributed by atoms with E-state index in [9.17, 15) is 8.42 Å². The largest absolute Gasteiger partial charge is 0.276 e. The topological polar surface area (TPSA) is 58.5 Å². The van der Waals surface area contributed by atoms with E-state index in [1.54, 1.807) is 19.1 Å². The van der Waals surface area contributed by atoms with Gasteiger partial charge in [-0.2, -0.15) is 13.5 Å². The number of sulfonamides is 1. The first-order valence-electron chi connectivity index (χ1n) is 6.26. The van der Waals surface area contributed by atoms with Crippen molar-refractivity contribution in [3.8, 4) is 0 Å². The molecule has 21 heavy (non-hydrogen) atoms. The number of benzene rings is 2. The normalized spacial score (nSPS) is 11.8. The van der Waals surface area contributed by atoms with Gasteiger partial charge in [0.15, 0.2) is 0 Å². The molecule has 0 aliphatic carbocycles. The van der Waals surface area contributed by atoms with E-state index in [-0.39, 0.29) is 4.90 Å². The van der Waals surface area contributed by atoms with Gasteiger partial charge in [-0.25, -0.2) is 4.83 Å². The highest BCUT2D eigenvalue weighted by Crippen LogP contribution is 2.16. The average Bonchev–Trinajstić information content (AvgIpc) is 2.43. The van der Waals surface area contributed by atoms with E-state index in [0.717, 1.165) is 15.6 Å². The molecular formula is C15H15BrN2O2S. The zero-order valence-corrected chi connectivity index (χ0v) is 14.1. The summed E-state index contributed by atoms with van der Waals surface area (Å²) in [6, 6.07) is 12.7. The van der Waals surface area contributed by atoms with Crippen LogP contribution in [0.1, 0.15) is 16.7 Å². The second-order valence-electron chi connectivity index (χ2n) is 4.67. The molecule has 0 saturated heterocycles. The average molecular weight is 367 g/mol. The fourth-order valence-corrected chi connectivity index (χ4v) is 3.15. The van der Waals surface area contributed by atoms with E-state index in [2.05, 4.69) is 25.9 Å². The van der Waals surface area contributed by atoms with Crippen LogP contribution in [0.5, 0.6) is 0 Å². The third kappa shape index (κ3) is 4.15. The molecule has 0 radical (unpaired) electrons. The Hall–Kier alpha value is -1.66. The third-order valence-electron chi connectivity index (χ3n) is 2.89. The summed E-state index contributed by atoms with van der Waals surface area (Å²) < 4.78 is 25.4. The van der Waals surface area contributed by atoms with Crippen LogP contribution < -0.4 is 4.83 Å². The summed E-state index contributed by atoms with van der Waals surface area (Å²) in [6.45, 7) is 3.61. The Morgan fingerprint density at radius 3 is 2.43 bits per heavy atom. The van der Waals surface area contributed by atoms with Crippen molar-refractivity contribution < 1.29 is 8.42 Å². The van der Waals surface area contributed by atoms with Gasteiger partial charge in [0, 0.05) is 4.47 Å². The molecule has 0 atom stereocenters. The van der Waals surface area contributed by atoms with Crippen LogP contribution in [-0.2, 0) is 10.0 Å². The van der Waals surface area contributed by atoms with Crippen molar-refractivity contribution in [3.05, 3.63) is 63.6 Å². The van der Waals surface area contributed by atoms with E-state index >= 15 is 0 Å². The molecule has 0 aliphatic heterocycles. The maximum Gasteiger partial charge on any atom is 0.276 e. The van der Waals surface area contributed by atoms with Crippen molar-refractivity contribution in [2.24, 2.45) is 5.10 Å². The van der Waals surface area contributed by atoms with Crippen LogP contribution in [0.4, 0.5) is 0 Å². The molecule has 4 nitrogen and oxygen atoms in total. The number of hydrazone groups is 1. The van der Waals surface area contributed by atoms with Crippen molar-refractivity contribution in [1.29, 1.82) is 0 Å². The molecule has 0 unspecified atom stereocenters. The predicted octanol–water partition coefficient (Wildman–Crippen LogP) is 3.38. The van der Waals surface area contributed by atoms with Crippen molar-refractivity contribution >= 4 is 32.2 Å². The van der Waals surface area contributed by atoms with Gasteiger partial charge in [0.25, 0.3) is 10.0 Å². The highest BCUT2D eigenvalue weighted by atomic mass is 79.9. The first kappa shape index (κ1) is 15.7. The number of nitrogens with zero attached hydrogens (tertiary/aromatic N) is 1. The molecule has 2 aromatic rings. The minimum absolute atomic E-state index is 0.246. The lowest BCUT2D eigenvalue weighted by Gasteiger charge is -2.07. The Kier molecular flexibility index (Phi) is 4.80. The van der Waals surface area contributed by atoms with Crippen LogP contribution in [0.3, 0.4) is 0 Å². The second-order valence-corrected chi connectivity index (χ2v) is 7.22. The molecule has 2 rings (SSSR count). The Bertz CT molecular complexity index is 769. The van der Waals surface area contributed by atoms with Gasteiger partial charge in [-0.05, 0) is 48.7 Å². The van der Waals surface area contributed by atoms with Gasteiger partial charge in [-0.1, -0.05) is 40.2 Å². The van der Waals surface area contributed by atoms with Crippen LogP contribution in [0, 0.1) is 13.8 Å². The molecule has 110 valence electrons. The summed E-state index contributed by atoms with van der Waals surface area (Å²) in [7, 11) is -3.65. The third-order valence-corrected chi connectivity index (χ3v) is 4.78. The van der Waals surface area contributed by atoms with Crippen molar-refractivity contribution in [1.82, 2.24) is 4.83 Å². The molecule has 6 heteroatoms. The van der Waals surface area contributed by atoms with Gasteiger partial charge < -0.3 is 0 Å². The highest BCUT2D eigenvalue weighted by Gasteiger charge is 2.15. The van der Waals surface area contributed by atoms with Crippen LogP contribution >= 0.6 is 15.9 Å². The van der Waals surface area contributed by atoms with Crippen LogP contribution in [0.25, 0.3) is 0 Å². The van der Waals surface area contributed by atoms with E-state index in [1.807, 2.05) is 37.3 Å². The van der Waals surface area contributed by atoms with Crippen molar-refractivity contribution in [2.75, 3.05) is 0 Å². The van der Waals surface area contributed by atoms with Gasteiger partial charge in [0.2, 0.25) is 0 Å². The monoisotopic (exact) mass is 366 g/mol. The summed E-state index contributed by atoms with van der Waals surface area (Å²) in [5.74, 6) is 0. The number of halogens is 1. The predicted molar refractivity (Wildman–Crippen MR) is 88.0 cm³/mol. The summed E-state index contributed by atoms with van der Waals surface area (Å²) in [4.78, 5) is 2.48. The molecule has 1 N–H and O–H groups in total. The fraction of sp³-hybridized carbons (Fsp3) is 0.133. The zero-order valence-electron chi connectivity index (χ0n) is 11.7. The van der Waals surface area contributed by atoms with Gasteiger partial charge in [-0.15, -0.1) is 0 Å². The van der Waals surface area contributed by atoms with Gasteiger partial charge in [0.1, 0.15) is 0 Å². The fourth-order valence-electron chi connectivity index (χ4n) is 1.77. The number of hydrogen-bond donors (Lipinski definition) is 1. The molecule has 0 aromatic heterocycles. The number of aryl methyl sites for hydroxylation is 2. The molecule has 0 amide bonds. The summed E-state index contributed by atoms with van der Waals surface area (Å²) in [5.41, 5.74) is 2.38. The molecule has 0 spiro atoms. The quantitative estimate of drug-likeness (QED) is 0.665. The van der Waals surface area contributed by atoms with E-state index < -0.39 is 10.0 Å². The first-order valence-corrected chi connectivity index (χ1v) is 8.54. The van der Waals surface area contributed by atoms with E-state index in [1.165, 1.54) is 6.21 Å². The maximum absolute atomic E-state index is 12.2. The number of rotatable bonds is 4. The van der Waals surface area contributed by atoms with Crippen LogP contribution in [-0.4, -0.2) is 14.6 Å². The van der Waals surface area contributed by atoms with Crippen molar-refractivity contribution in [3.63, 3.8) is 0 Å². The molecular weight excluding hydrogens is 352 g/mol. The summed E-state index contributed by atoms with van der Waals surface area (Å²) in [5, 5.41) is 3.81. The SMILES string of the molecule is Cc1ccc(C)c(S(=O)(=O)N/N=C/c2ccc(Br)cc2)c1. The standard InChI is InChI=1S/C15H15BrN2O2S/c1-11-3-4-12(2)15(9-11)21(19,20)18-17-10-13-5-7-14(16)8-6-13/h3-10,18H,1-2H3/b17-10+. The lowest BCUT2D eigenvalue weighted by Crippen LogP contribution is -2.19. The molecule has 0 bridgehead atoms. The lowest BCUT2D eigenvalue weighted by molar-refractivity contribution is 0.584. The molecule has 0 saturated carbocycles. The Morgan fingerprint density at radius 2 is 1.76 bits per heavy atom. The Balaban J connectivity index is 2.18. The Morgan fingerprint density at radius 1 is 1.10 bits per heavy atom. The van der Waals surface area contributed by atoms with Crippen molar-refractivity contribution in [2.45, 2.75) is 18.7 Å². The maximum atomic E-state index is 12.2. The smallest absolute Gasteiger partial charge is 0.200 e. The summed E-state index contributed by atoms with van der Waals surface area (Å²) >= 11 is 3.33. The van der Waals surface area contributed by atoms with Gasteiger partial charge in [-0.3, -0.25) is 0 Å². The Labute approximate surface area is 133 Å².